The molecule has 0 unspecified atom stereocenters. The smallest absolute Gasteiger partial charge is 0.230 e. The number of amides is 1. The number of hydrogen-bond donors (Lipinski definition) is 0. The van der Waals surface area contributed by atoms with E-state index >= 15 is 0 Å². The van der Waals surface area contributed by atoms with Crippen LogP contribution in [0.4, 0.5) is 16.8 Å². The summed E-state index contributed by atoms with van der Waals surface area (Å²) in [5, 5.41) is 12.9. The molecule has 0 bridgehead atoms. The summed E-state index contributed by atoms with van der Waals surface area (Å²) in [4.78, 5) is 21.5. The van der Waals surface area contributed by atoms with Crippen LogP contribution in [0.15, 0.2) is 34.8 Å². The van der Waals surface area contributed by atoms with Crippen molar-refractivity contribution in [3.63, 3.8) is 0 Å². The number of hydrogen-bond acceptors (Lipinski definition) is 7. The lowest BCUT2D eigenvalue weighted by Crippen LogP contribution is -2.34. The van der Waals surface area contributed by atoms with Crippen LogP contribution in [-0.2, 0) is 17.0 Å². The van der Waals surface area contributed by atoms with E-state index in [1.54, 1.807) is 23.6 Å². The summed E-state index contributed by atoms with van der Waals surface area (Å²) in [6.45, 7) is 8.16. The largest absolute Gasteiger partial charge is 0.341 e. The first-order valence-corrected chi connectivity index (χ1v) is 14.1. The fourth-order valence-corrected chi connectivity index (χ4v) is 6.36. The molecule has 3 heterocycles. The number of nitrogens with zero attached hydrogens (tertiary/aromatic N) is 6. The highest BCUT2D eigenvalue weighted by molar-refractivity contribution is 7.98. The molecule has 9 heteroatoms. The van der Waals surface area contributed by atoms with Gasteiger partial charge in [-0.15, -0.1) is 21.5 Å². The van der Waals surface area contributed by atoms with Gasteiger partial charge < -0.3 is 4.90 Å². The maximum absolute atomic E-state index is 12.6. The molecule has 0 radical (unpaired) electrons. The number of piperidine rings is 1. The van der Waals surface area contributed by atoms with E-state index in [9.17, 15) is 4.79 Å². The molecule has 1 aliphatic carbocycles. The number of carbonyl (C=O) groups excluding carboxylic acids is 1. The van der Waals surface area contributed by atoms with E-state index in [1.807, 2.05) is 18.2 Å². The van der Waals surface area contributed by atoms with Gasteiger partial charge in [-0.05, 0) is 49.7 Å². The Morgan fingerprint density at radius 3 is 2.65 bits per heavy atom. The topological polar surface area (TPSA) is 67.2 Å². The quantitative estimate of drug-likeness (QED) is 0.365. The Morgan fingerprint density at radius 2 is 1.94 bits per heavy atom. The van der Waals surface area contributed by atoms with Gasteiger partial charge in [0.05, 0.1) is 11.4 Å². The Hall–Kier alpha value is -2.39. The molecule has 180 valence electrons. The van der Waals surface area contributed by atoms with E-state index < -0.39 is 0 Å². The van der Waals surface area contributed by atoms with Crippen LogP contribution >= 0.6 is 23.1 Å². The number of anilines is 3. The first-order chi connectivity index (χ1) is 16.5. The normalized spacial score (nSPS) is 16.7. The van der Waals surface area contributed by atoms with Crippen LogP contribution in [0.5, 0.6) is 0 Å². The SMILES string of the molecule is CCc1ccccc1N(C(C)=O)c1nc(CSc2nnc(N3CCC(C)CC3)n2C2CC2)cs1. The number of rotatable bonds is 8. The third-order valence-electron chi connectivity index (χ3n) is 6.63. The minimum atomic E-state index is -0.0246. The molecule has 1 aliphatic heterocycles. The lowest BCUT2D eigenvalue weighted by molar-refractivity contribution is -0.115. The van der Waals surface area contributed by atoms with Crippen molar-refractivity contribution in [2.24, 2.45) is 5.92 Å². The van der Waals surface area contributed by atoms with Gasteiger partial charge in [0.1, 0.15) is 0 Å². The fourth-order valence-electron chi connectivity index (χ4n) is 4.48. The average molecular weight is 497 g/mol. The lowest BCUT2D eigenvalue weighted by Gasteiger charge is -2.31. The summed E-state index contributed by atoms with van der Waals surface area (Å²) in [6, 6.07) is 8.58. The molecule has 34 heavy (non-hydrogen) atoms. The van der Waals surface area contributed by atoms with Crippen molar-refractivity contribution >= 4 is 45.8 Å². The predicted molar refractivity (Wildman–Crippen MR) is 139 cm³/mol. The van der Waals surface area contributed by atoms with E-state index in [1.165, 1.54) is 37.0 Å². The first-order valence-electron chi connectivity index (χ1n) is 12.2. The fraction of sp³-hybridized carbons (Fsp3) is 0.520. The number of benzene rings is 1. The predicted octanol–water partition coefficient (Wildman–Crippen LogP) is 5.85. The molecule has 1 saturated carbocycles. The molecule has 5 rings (SSSR count). The molecule has 1 aromatic carbocycles. The van der Waals surface area contributed by atoms with Crippen molar-refractivity contribution in [3.8, 4) is 0 Å². The number of para-hydroxylation sites is 1. The average Bonchev–Trinajstić information content (AvgIpc) is 3.42. The van der Waals surface area contributed by atoms with Crippen LogP contribution < -0.4 is 9.80 Å². The van der Waals surface area contributed by atoms with Gasteiger partial charge in [-0.1, -0.05) is 43.8 Å². The zero-order chi connectivity index (χ0) is 23.7. The number of thiazole rings is 1. The maximum Gasteiger partial charge on any atom is 0.230 e. The van der Waals surface area contributed by atoms with Crippen molar-refractivity contribution in [1.82, 2.24) is 19.7 Å². The van der Waals surface area contributed by atoms with E-state index in [-0.39, 0.29) is 5.91 Å². The molecule has 0 N–H and O–H groups in total. The molecule has 0 atom stereocenters. The van der Waals surface area contributed by atoms with Gasteiger partial charge in [0.25, 0.3) is 0 Å². The summed E-state index contributed by atoms with van der Waals surface area (Å²) in [5.74, 6) is 2.51. The first kappa shape index (κ1) is 23.4. The van der Waals surface area contributed by atoms with Crippen LogP contribution in [0.1, 0.15) is 63.8 Å². The molecular weight excluding hydrogens is 464 g/mol. The summed E-state index contributed by atoms with van der Waals surface area (Å²) in [5.41, 5.74) is 3.02. The molecule has 7 nitrogen and oxygen atoms in total. The maximum atomic E-state index is 12.6. The Labute approximate surface area is 209 Å². The van der Waals surface area contributed by atoms with E-state index in [0.717, 1.165) is 58.6 Å². The monoisotopic (exact) mass is 496 g/mol. The molecule has 1 saturated heterocycles. The minimum absolute atomic E-state index is 0.0246. The van der Waals surface area contributed by atoms with Crippen molar-refractivity contribution in [2.45, 2.75) is 69.8 Å². The summed E-state index contributed by atoms with van der Waals surface area (Å²) in [6.07, 6.45) is 5.70. The minimum Gasteiger partial charge on any atom is -0.341 e. The third-order valence-corrected chi connectivity index (χ3v) is 8.48. The van der Waals surface area contributed by atoms with Crippen molar-refractivity contribution < 1.29 is 4.79 Å². The Morgan fingerprint density at radius 1 is 1.18 bits per heavy atom. The van der Waals surface area contributed by atoms with Crippen molar-refractivity contribution in [2.75, 3.05) is 22.9 Å². The zero-order valence-corrected chi connectivity index (χ0v) is 21.7. The van der Waals surface area contributed by atoms with Gasteiger partial charge in [-0.25, -0.2) is 4.98 Å². The van der Waals surface area contributed by atoms with E-state index in [4.69, 9.17) is 4.98 Å². The van der Waals surface area contributed by atoms with Crippen molar-refractivity contribution in [3.05, 3.63) is 40.9 Å². The van der Waals surface area contributed by atoms with E-state index in [2.05, 4.69) is 45.0 Å². The van der Waals surface area contributed by atoms with Crippen LogP contribution in [0.25, 0.3) is 0 Å². The molecule has 3 aromatic rings. The standard InChI is InChI=1S/C25H32N6OS2/c1-4-19-7-5-6-8-22(19)30(18(3)32)24-26-20(15-33-24)16-34-25-28-27-23(31(25)21-9-10-21)29-13-11-17(2)12-14-29/h5-8,15,17,21H,4,9-14,16H2,1-3H3. The summed E-state index contributed by atoms with van der Waals surface area (Å²) >= 11 is 3.21. The molecule has 2 fully saturated rings. The highest BCUT2D eigenvalue weighted by atomic mass is 32.2. The van der Waals surface area contributed by atoms with Gasteiger partial charge in [0.2, 0.25) is 11.9 Å². The van der Waals surface area contributed by atoms with Crippen molar-refractivity contribution in [1.29, 1.82) is 0 Å². The Balaban J connectivity index is 1.32. The Kier molecular flexibility index (Phi) is 6.92. The van der Waals surface area contributed by atoms with Gasteiger partial charge >= 0.3 is 0 Å². The second-order valence-electron chi connectivity index (χ2n) is 9.30. The second kappa shape index (κ2) is 10.1. The highest BCUT2D eigenvalue weighted by Crippen LogP contribution is 2.42. The number of thioether (sulfide) groups is 1. The van der Waals surface area contributed by atoms with Gasteiger partial charge in [0, 0.05) is 37.2 Å². The van der Waals surface area contributed by atoms with Crippen LogP contribution in [0, 0.1) is 5.92 Å². The lowest BCUT2D eigenvalue weighted by atomic mass is 10.00. The molecule has 2 aliphatic rings. The number of carbonyl (C=O) groups is 1. The van der Waals surface area contributed by atoms with Gasteiger partial charge in [-0.3, -0.25) is 14.3 Å². The highest BCUT2D eigenvalue weighted by Gasteiger charge is 2.32. The molecule has 0 spiro atoms. The number of aromatic nitrogens is 4. The third kappa shape index (κ3) is 4.86. The van der Waals surface area contributed by atoms with Crippen LogP contribution in [-0.4, -0.2) is 38.7 Å². The summed E-state index contributed by atoms with van der Waals surface area (Å²) in [7, 11) is 0. The van der Waals surface area contributed by atoms with Gasteiger partial charge in [0.15, 0.2) is 10.3 Å². The summed E-state index contributed by atoms with van der Waals surface area (Å²) < 4.78 is 2.35. The van der Waals surface area contributed by atoms with E-state index in [0.29, 0.717) is 11.8 Å². The van der Waals surface area contributed by atoms with Crippen LogP contribution in [0.2, 0.25) is 0 Å². The number of aryl methyl sites for hydroxylation is 1. The molecular formula is C25H32N6OS2. The molecule has 2 aromatic heterocycles. The Bertz CT molecular complexity index is 1150. The molecule has 1 amide bonds. The van der Waals surface area contributed by atoms with Crippen LogP contribution in [0.3, 0.4) is 0 Å². The zero-order valence-electron chi connectivity index (χ0n) is 20.1. The second-order valence-corrected chi connectivity index (χ2v) is 11.1. The van der Waals surface area contributed by atoms with Gasteiger partial charge in [-0.2, -0.15) is 0 Å².